The van der Waals surface area contributed by atoms with Crippen molar-refractivity contribution in [1.29, 1.82) is 5.41 Å². The molecule has 46 heavy (non-hydrogen) atoms. The summed E-state index contributed by atoms with van der Waals surface area (Å²) in [5.74, 6) is 0.306. The predicted octanol–water partition coefficient (Wildman–Crippen LogP) is 4.85. The van der Waals surface area contributed by atoms with Crippen LogP contribution in [0.5, 0.6) is 0 Å². The van der Waals surface area contributed by atoms with Crippen LogP contribution in [0.2, 0.25) is 0 Å². The summed E-state index contributed by atoms with van der Waals surface area (Å²) in [6, 6.07) is 4.55. The summed E-state index contributed by atoms with van der Waals surface area (Å²) < 4.78 is 30.5. The fourth-order valence-corrected chi connectivity index (χ4v) is 8.72. The Labute approximate surface area is 270 Å². The van der Waals surface area contributed by atoms with E-state index in [4.69, 9.17) is 0 Å². The average Bonchev–Trinajstić information content (AvgIpc) is 3.49. The highest BCUT2D eigenvalue weighted by atomic mass is 19.3. The number of hydrogen-bond acceptors (Lipinski definition) is 6. The Morgan fingerprint density at radius 3 is 2.54 bits per heavy atom. The second kappa shape index (κ2) is 12.7. The minimum Gasteiger partial charge on any atom is -0.385 e. The van der Waals surface area contributed by atoms with E-state index >= 15 is 0 Å². The van der Waals surface area contributed by atoms with Crippen molar-refractivity contribution in [3.05, 3.63) is 46.9 Å². The van der Waals surface area contributed by atoms with Crippen LogP contribution in [0.4, 0.5) is 14.5 Å². The van der Waals surface area contributed by atoms with Gasteiger partial charge in [-0.2, -0.15) is 5.10 Å². The molecule has 1 spiro atoms. The van der Waals surface area contributed by atoms with Crippen molar-refractivity contribution in [2.45, 2.75) is 83.2 Å². The molecule has 9 nitrogen and oxygen atoms in total. The molecule has 5 aliphatic rings. The molecule has 1 aliphatic carbocycles. The third-order valence-corrected chi connectivity index (χ3v) is 11.4. The van der Waals surface area contributed by atoms with Crippen molar-refractivity contribution in [3.8, 4) is 11.1 Å². The number of carbonyl (C=O) groups excluding carboxylic acids is 1. The van der Waals surface area contributed by atoms with Crippen molar-refractivity contribution in [3.63, 3.8) is 0 Å². The number of carbonyl (C=O) groups is 1. The third-order valence-electron chi connectivity index (χ3n) is 11.4. The third kappa shape index (κ3) is 6.08. The standard InChI is InChI=1S/C35H48F2N8O/c1-23(46)44-13-7-31(41-26-18-35(19-26)8-14-43(15-9-35)27-5-10-39-11-6-27)30(22-44)34(38)45-12-3-4-24-16-28(25-20-40-42(2)21-25)29(33(36)37)17-32(24)45/h16-17,20-21,26-27,33,38-39,41H,3-15,18-19,22H2,1-2H3. The molecule has 7 rings (SSSR count). The minimum absolute atomic E-state index is 0.00685. The fraction of sp³-hybridized carbons (Fsp3) is 0.629. The topological polar surface area (TPSA) is 92.5 Å². The normalized spacial score (nSPS) is 22.7. The lowest BCUT2D eigenvalue weighted by Gasteiger charge is -2.54. The SMILES string of the molecule is CC(=O)N1CCC(NC2CC3(CCN(C4CCNCC4)CC3)C2)=C(C(=N)N2CCCc3cc(-c4cnn(C)c4)c(C(F)F)cc32)C1. The van der Waals surface area contributed by atoms with Crippen LogP contribution in [0.3, 0.4) is 0 Å². The van der Waals surface area contributed by atoms with Gasteiger partial charge in [0.15, 0.2) is 0 Å². The van der Waals surface area contributed by atoms with Gasteiger partial charge in [0.05, 0.1) is 12.7 Å². The van der Waals surface area contributed by atoms with Gasteiger partial charge in [-0.15, -0.1) is 0 Å². The molecule has 0 radical (unpaired) electrons. The number of nitrogens with zero attached hydrogens (tertiary/aromatic N) is 5. The van der Waals surface area contributed by atoms with Gasteiger partial charge >= 0.3 is 0 Å². The Morgan fingerprint density at radius 2 is 1.87 bits per heavy atom. The zero-order chi connectivity index (χ0) is 32.0. The van der Waals surface area contributed by atoms with Crippen LogP contribution in [0, 0.1) is 10.8 Å². The molecule has 3 fully saturated rings. The molecule has 0 unspecified atom stereocenters. The molecule has 1 saturated carbocycles. The van der Waals surface area contributed by atoms with Crippen molar-refractivity contribution in [2.24, 2.45) is 12.5 Å². The number of likely N-dealkylation sites (tertiary alicyclic amines) is 1. The lowest BCUT2D eigenvalue weighted by molar-refractivity contribution is -0.128. The number of hydrogen-bond donors (Lipinski definition) is 3. The van der Waals surface area contributed by atoms with Gasteiger partial charge in [0.1, 0.15) is 5.84 Å². The zero-order valence-electron chi connectivity index (χ0n) is 27.3. The summed E-state index contributed by atoms with van der Waals surface area (Å²) in [6.07, 6.45) is 10.3. The minimum atomic E-state index is -2.66. The first-order valence-electron chi connectivity index (χ1n) is 17.2. The fourth-order valence-electron chi connectivity index (χ4n) is 8.72. The number of amides is 1. The van der Waals surface area contributed by atoms with Gasteiger partial charge in [-0.05, 0) is 106 Å². The molecule has 3 N–H and O–H groups in total. The van der Waals surface area contributed by atoms with Crippen LogP contribution in [0.25, 0.3) is 11.1 Å². The van der Waals surface area contributed by atoms with E-state index in [-0.39, 0.29) is 11.5 Å². The Balaban J connectivity index is 1.10. The molecule has 1 aromatic heterocycles. The highest BCUT2D eigenvalue weighted by molar-refractivity contribution is 6.09. The van der Waals surface area contributed by atoms with Crippen molar-refractivity contribution < 1.29 is 13.6 Å². The van der Waals surface area contributed by atoms with Crippen molar-refractivity contribution in [2.75, 3.05) is 50.7 Å². The Kier molecular flexibility index (Phi) is 8.65. The van der Waals surface area contributed by atoms with Crippen LogP contribution >= 0.6 is 0 Å². The lowest BCUT2D eigenvalue weighted by atomic mass is 9.60. The molecule has 1 aromatic carbocycles. The number of piperidine rings is 2. The maximum Gasteiger partial charge on any atom is 0.264 e. The van der Waals surface area contributed by atoms with Gasteiger partial charge in [-0.1, -0.05) is 0 Å². The van der Waals surface area contributed by atoms with E-state index in [0.29, 0.717) is 60.2 Å². The van der Waals surface area contributed by atoms with E-state index in [2.05, 4.69) is 20.6 Å². The number of rotatable bonds is 6. The summed E-state index contributed by atoms with van der Waals surface area (Å²) in [6.45, 7) is 7.80. The first-order chi connectivity index (χ1) is 22.2. The summed E-state index contributed by atoms with van der Waals surface area (Å²) in [5.41, 5.74) is 5.03. The Morgan fingerprint density at radius 1 is 1.11 bits per heavy atom. The number of aromatic nitrogens is 2. The van der Waals surface area contributed by atoms with E-state index in [9.17, 15) is 19.0 Å². The maximum absolute atomic E-state index is 14.5. The first-order valence-corrected chi connectivity index (χ1v) is 17.2. The molecule has 4 aliphatic heterocycles. The van der Waals surface area contributed by atoms with Gasteiger partial charge < -0.3 is 25.3 Å². The molecule has 248 valence electrons. The molecule has 1 amide bonds. The molecule has 11 heteroatoms. The molecule has 0 bridgehead atoms. The van der Waals surface area contributed by atoms with Gasteiger partial charge in [0, 0.05) is 79.8 Å². The van der Waals surface area contributed by atoms with Gasteiger partial charge in [-0.3, -0.25) is 14.9 Å². The lowest BCUT2D eigenvalue weighted by Crippen LogP contribution is -2.56. The van der Waals surface area contributed by atoms with Gasteiger partial charge in [0.2, 0.25) is 5.91 Å². The van der Waals surface area contributed by atoms with Crippen LogP contribution in [0.1, 0.15) is 75.8 Å². The summed E-state index contributed by atoms with van der Waals surface area (Å²) >= 11 is 0. The maximum atomic E-state index is 14.5. The highest BCUT2D eigenvalue weighted by Crippen LogP contribution is 2.50. The second-order valence-corrected chi connectivity index (χ2v) is 14.3. The molecule has 5 heterocycles. The van der Waals surface area contributed by atoms with Crippen LogP contribution in [0.15, 0.2) is 35.8 Å². The molecule has 2 saturated heterocycles. The Hall–Kier alpha value is -3.31. The molecule has 2 aromatic rings. The number of alkyl halides is 2. The van der Waals surface area contributed by atoms with Gasteiger partial charge in [-0.25, -0.2) is 8.78 Å². The van der Waals surface area contributed by atoms with E-state index in [1.165, 1.54) is 38.8 Å². The quantitative estimate of drug-likeness (QED) is 0.311. The van der Waals surface area contributed by atoms with E-state index in [0.717, 1.165) is 61.6 Å². The van der Waals surface area contributed by atoms with Crippen LogP contribution < -0.4 is 15.5 Å². The average molecular weight is 635 g/mol. The largest absolute Gasteiger partial charge is 0.385 e. The van der Waals surface area contributed by atoms with E-state index < -0.39 is 6.43 Å². The van der Waals surface area contributed by atoms with Crippen LogP contribution in [-0.2, 0) is 18.3 Å². The number of anilines is 1. The molecular formula is C35H48F2N8O. The zero-order valence-corrected chi connectivity index (χ0v) is 27.3. The van der Waals surface area contributed by atoms with E-state index in [1.807, 2.05) is 11.0 Å². The predicted molar refractivity (Wildman–Crippen MR) is 176 cm³/mol. The van der Waals surface area contributed by atoms with Crippen LogP contribution in [-0.4, -0.2) is 89.2 Å². The number of benzene rings is 1. The molecule has 0 atom stereocenters. The smallest absolute Gasteiger partial charge is 0.264 e. The van der Waals surface area contributed by atoms with E-state index in [1.54, 1.807) is 42.0 Å². The number of aryl methyl sites for hydroxylation is 2. The summed E-state index contributed by atoms with van der Waals surface area (Å²) in [7, 11) is 1.78. The number of amidine groups is 1. The highest BCUT2D eigenvalue weighted by Gasteiger charge is 2.47. The number of nitrogens with one attached hydrogen (secondary N) is 3. The second-order valence-electron chi connectivity index (χ2n) is 14.3. The first kappa shape index (κ1) is 31.3. The van der Waals surface area contributed by atoms with Crippen molar-refractivity contribution >= 4 is 17.4 Å². The monoisotopic (exact) mass is 634 g/mol. The number of halogens is 2. The Bertz CT molecular complexity index is 1500. The van der Waals surface area contributed by atoms with Crippen molar-refractivity contribution in [1.82, 2.24) is 30.2 Å². The number of fused-ring (bicyclic) bond motifs is 1. The molecular weight excluding hydrogens is 586 g/mol. The summed E-state index contributed by atoms with van der Waals surface area (Å²) in [5, 5.41) is 21.0. The van der Waals surface area contributed by atoms with Gasteiger partial charge in [0.25, 0.3) is 6.43 Å². The summed E-state index contributed by atoms with van der Waals surface area (Å²) in [4.78, 5) is 18.9.